The van der Waals surface area contributed by atoms with Gasteiger partial charge in [-0.3, -0.25) is 0 Å². The lowest BCUT2D eigenvalue weighted by Gasteiger charge is -2.30. The Kier molecular flexibility index (Phi) is 10.6. The zero-order valence-electron chi connectivity index (χ0n) is 25.4. The summed E-state index contributed by atoms with van der Waals surface area (Å²) in [4.78, 5) is 0. The number of halogens is 10. The molecular formula is C35H26F10O4. The van der Waals surface area contributed by atoms with E-state index in [-0.39, 0.29) is 41.4 Å². The first-order chi connectivity index (χ1) is 23.1. The van der Waals surface area contributed by atoms with E-state index in [0.717, 1.165) is 37.1 Å². The molecule has 0 saturated carbocycles. The molecule has 4 aromatic rings. The lowest BCUT2D eigenvalue weighted by Crippen LogP contribution is -2.28. The van der Waals surface area contributed by atoms with Crippen LogP contribution in [-0.4, -0.2) is 19.6 Å². The van der Waals surface area contributed by atoms with Crippen molar-refractivity contribution in [1.29, 1.82) is 0 Å². The lowest BCUT2D eigenvalue weighted by molar-refractivity contribution is -0.276. The summed E-state index contributed by atoms with van der Waals surface area (Å²) in [7, 11) is 0. The predicted octanol–water partition coefficient (Wildman–Crippen LogP) is 10.8. The van der Waals surface area contributed by atoms with Gasteiger partial charge < -0.3 is 18.9 Å². The number of allylic oxidation sites excluding steroid dienone is 2. The topological polar surface area (TPSA) is 36.9 Å². The van der Waals surface area contributed by atoms with E-state index in [0.29, 0.717) is 24.3 Å². The predicted molar refractivity (Wildman–Crippen MR) is 157 cm³/mol. The minimum Gasteiger partial charge on any atom is -0.429 e. The highest BCUT2D eigenvalue weighted by Gasteiger charge is 2.42. The molecule has 1 aliphatic heterocycles. The molecule has 0 bridgehead atoms. The van der Waals surface area contributed by atoms with Gasteiger partial charge in [0.1, 0.15) is 28.8 Å². The molecule has 1 aliphatic rings. The monoisotopic (exact) mass is 700 g/mol. The van der Waals surface area contributed by atoms with Crippen molar-refractivity contribution in [3.8, 4) is 33.8 Å². The Morgan fingerprint density at radius 3 is 1.82 bits per heavy atom. The molecule has 1 fully saturated rings. The maximum atomic E-state index is 15.0. The normalized spacial score (nSPS) is 17.0. The Hall–Kier alpha value is -4.56. The van der Waals surface area contributed by atoms with Crippen molar-refractivity contribution in [3.05, 3.63) is 119 Å². The summed E-state index contributed by atoms with van der Waals surface area (Å²) in [6.45, 7) is 2.41. The molecule has 4 nitrogen and oxygen atoms in total. The number of ether oxygens (including phenoxy) is 4. The second-order valence-electron chi connectivity index (χ2n) is 11.0. The summed E-state index contributed by atoms with van der Waals surface area (Å²) in [6, 6.07) is 10.2. The Balaban J connectivity index is 1.27. The summed E-state index contributed by atoms with van der Waals surface area (Å²) >= 11 is 0. The summed E-state index contributed by atoms with van der Waals surface area (Å²) in [5.41, 5.74) is -2.11. The van der Waals surface area contributed by atoms with E-state index in [1.54, 1.807) is 0 Å². The average Bonchev–Trinajstić information content (AvgIpc) is 3.02. The molecule has 0 aliphatic carbocycles. The van der Waals surface area contributed by atoms with Gasteiger partial charge in [0.25, 0.3) is 0 Å². The van der Waals surface area contributed by atoms with Crippen LogP contribution in [0.1, 0.15) is 37.2 Å². The number of alkyl halides is 5. The van der Waals surface area contributed by atoms with Crippen molar-refractivity contribution in [1.82, 2.24) is 0 Å². The molecule has 49 heavy (non-hydrogen) atoms. The zero-order chi connectivity index (χ0) is 35.5. The number of benzene rings is 4. The van der Waals surface area contributed by atoms with Crippen molar-refractivity contribution < 1.29 is 62.9 Å². The summed E-state index contributed by atoms with van der Waals surface area (Å²) < 4.78 is 160. The fourth-order valence-corrected chi connectivity index (χ4v) is 5.18. The molecule has 260 valence electrons. The van der Waals surface area contributed by atoms with Crippen molar-refractivity contribution in [2.75, 3.05) is 13.2 Å². The van der Waals surface area contributed by atoms with Crippen LogP contribution >= 0.6 is 0 Å². The minimum absolute atomic E-state index is 0.0667. The van der Waals surface area contributed by atoms with Gasteiger partial charge in [0.2, 0.25) is 5.75 Å². The van der Waals surface area contributed by atoms with Crippen molar-refractivity contribution in [3.63, 3.8) is 0 Å². The van der Waals surface area contributed by atoms with Gasteiger partial charge in [-0.15, -0.1) is 13.2 Å². The van der Waals surface area contributed by atoms with Gasteiger partial charge in [-0.1, -0.05) is 36.4 Å². The molecule has 0 aromatic heterocycles. The molecule has 0 unspecified atom stereocenters. The van der Waals surface area contributed by atoms with Gasteiger partial charge >= 0.3 is 12.5 Å². The first kappa shape index (κ1) is 35.7. The first-order valence-corrected chi connectivity index (χ1v) is 14.7. The average molecular weight is 701 g/mol. The van der Waals surface area contributed by atoms with Crippen molar-refractivity contribution >= 4 is 0 Å². The third kappa shape index (κ3) is 8.54. The largest absolute Gasteiger partial charge is 0.573 e. The first-order valence-electron chi connectivity index (χ1n) is 14.7. The number of rotatable bonds is 10. The molecule has 0 N–H and O–H groups in total. The van der Waals surface area contributed by atoms with Crippen LogP contribution in [0.25, 0.3) is 22.3 Å². The molecule has 0 spiro atoms. The van der Waals surface area contributed by atoms with E-state index in [1.165, 1.54) is 18.2 Å². The number of hydrogen-bond acceptors (Lipinski definition) is 4. The maximum Gasteiger partial charge on any atom is 0.573 e. The summed E-state index contributed by atoms with van der Waals surface area (Å²) in [5.74, 6) is -9.74. The van der Waals surface area contributed by atoms with Gasteiger partial charge in [-0.05, 0) is 78.9 Å². The van der Waals surface area contributed by atoms with Crippen LogP contribution in [-0.2, 0) is 15.6 Å². The van der Waals surface area contributed by atoms with Gasteiger partial charge in [-0.25, -0.2) is 22.0 Å². The van der Waals surface area contributed by atoms with Crippen LogP contribution in [0, 0.1) is 35.0 Å². The number of hydrogen-bond donors (Lipinski definition) is 0. The molecule has 1 saturated heterocycles. The van der Waals surface area contributed by atoms with E-state index in [4.69, 9.17) is 9.47 Å². The third-order valence-electron chi connectivity index (χ3n) is 7.50. The zero-order valence-corrected chi connectivity index (χ0v) is 25.4. The van der Waals surface area contributed by atoms with Crippen LogP contribution in [0.4, 0.5) is 43.9 Å². The van der Waals surface area contributed by atoms with E-state index >= 15 is 8.78 Å². The fourth-order valence-electron chi connectivity index (χ4n) is 5.18. The van der Waals surface area contributed by atoms with E-state index in [9.17, 15) is 35.1 Å². The molecule has 0 radical (unpaired) electrons. The van der Waals surface area contributed by atoms with Gasteiger partial charge in [-0.2, -0.15) is 8.78 Å². The SMILES string of the molecule is CC=CCCC1COC(c2cc(F)c(C(F)(F)Oc3ccc(-c4ccc(-c5cc(F)c(OC(F)(F)F)c(F)c5)c(F)c4)cc3)c(F)c2)OC1. The van der Waals surface area contributed by atoms with Crippen LogP contribution in [0.3, 0.4) is 0 Å². The highest BCUT2D eigenvalue weighted by molar-refractivity contribution is 5.72. The van der Waals surface area contributed by atoms with E-state index in [2.05, 4.69) is 9.47 Å². The standard InChI is InChI=1S/C35H26F10O4/c1-2-3-4-5-19-17-46-33(47-18-19)23-15-27(37)31(28(38)16-23)34(41,42)48-24-9-6-20(7-10-24)21-8-11-25(26(36)12-21)22-13-29(39)32(30(40)14-22)49-35(43,44)45/h2-3,6-16,19,33H,4-5,17-18H2,1H3. The molecule has 0 amide bonds. The van der Waals surface area contributed by atoms with E-state index in [1.807, 2.05) is 19.1 Å². The highest BCUT2D eigenvalue weighted by Crippen LogP contribution is 2.39. The second kappa shape index (κ2) is 14.5. The summed E-state index contributed by atoms with van der Waals surface area (Å²) in [5, 5.41) is 0. The Bertz CT molecular complexity index is 1770. The Labute approximate surface area is 273 Å². The fraction of sp³-hybridized carbons (Fsp3) is 0.257. The van der Waals surface area contributed by atoms with Crippen molar-refractivity contribution in [2.45, 2.75) is 38.5 Å². The van der Waals surface area contributed by atoms with Crippen molar-refractivity contribution in [2.24, 2.45) is 5.92 Å². The second-order valence-corrected chi connectivity index (χ2v) is 11.0. The smallest absolute Gasteiger partial charge is 0.429 e. The van der Waals surface area contributed by atoms with Gasteiger partial charge in [0.05, 0.1) is 13.2 Å². The third-order valence-corrected chi connectivity index (χ3v) is 7.50. The molecule has 0 atom stereocenters. The minimum atomic E-state index is -5.36. The molecule has 14 heteroatoms. The summed E-state index contributed by atoms with van der Waals surface area (Å²) in [6.07, 6.45) is -5.48. The van der Waals surface area contributed by atoms with Gasteiger partial charge in [0.15, 0.2) is 17.9 Å². The van der Waals surface area contributed by atoms with Gasteiger partial charge in [0, 0.05) is 17.0 Å². The lowest BCUT2D eigenvalue weighted by atomic mass is 9.99. The molecule has 4 aromatic carbocycles. The molecular weight excluding hydrogens is 674 g/mol. The Morgan fingerprint density at radius 1 is 0.694 bits per heavy atom. The van der Waals surface area contributed by atoms with Crippen LogP contribution in [0.5, 0.6) is 11.5 Å². The van der Waals surface area contributed by atoms with Crippen LogP contribution in [0.15, 0.2) is 78.9 Å². The maximum absolute atomic E-state index is 15.0. The highest BCUT2D eigenvalue weighted by atomic mass is 19.4. The van der Waals surface area contributed by atoms with Crippen LogP contribution < -0.4 is 9.47 Å². The Morgan fingerprint density at radius 2 is 1.27 bits per heavy atom. The van der Waals surface area contributed by atoms with Crippen LogP contribution in [0.2, 0.25) is 0 Å². The molecule has 5 rings (SSSR count). The van der Waals surface area contributed by atoms with E-state index < -0.39 is 70.5 Å². The quantitative estimate of drug-likeness (QED) is 0.122. The molecule has 1 heterocycles.